The molecule has 2 aromatic carbocycles. The average molecular weight is 478 g/mol. The zero-order valence-electron chi connectivity index (χ0n) is 21.4. The molecule has 4 rings (SSSR count). The number of hydrogen-bond acceptors (Lipinski definition) is 5. The van der Waals surface area contributed by atoms with Gasteiger partial charge in [0.2, 0.25) is 5.91 Å². The third-order valence-corrected chi connectivity index (χ3v) is 7.53. The number of carbonyl (C=O) groups excluding carboxylic acids is 1. The van der Waals surface area contributed by atoms with Gasteiger partial charge in [-0.3, -0.25) is 9.69 Å². The fourth-order valence-electron chi connectivity index (χ4n) is 5.31. The van der Waals surface area contributed by atoms with Gasteiger partial charge in [-0.25, -0.2) is 0 Å². The van der Waals surface area contributed by atoms with E-state index in [-0.39, 0.29) is 11.8 Å². The highest BCUT2D eigenvalue weighted by Crippen LogP contribution is 2.37. The second-order valence-electron chi connectivity index (χ2n) is 9.99. The summed E-state index contributed by atoms with van der Waals surface area (Å²) in [7, 11) is 1.75. The number of nitrogens with zero attached hydrogens (tertiary/aromatic N) is 2. The van der Waals surface area contributed by atoms with Gasteiger partial charge in [0.15, 0.2) is 0 Å². The van der Waals surface area contributed by atoms with Gasteiger partial charge in [0.05, 0.1) is 18.7 Å². The summed E-state index contributed by atoms with van der Waals surface area (Å²) < 4.78 is 5.71. The minimum absolute atomic E-state index is 0.00527. The summed E-state index contributed by atoms with van der Waals surface area (Å²) >= 11 is 0. The van der Waals surface area contributed by atoms with E-state index in [1.54, 1.807) is 7.11 Å². The third-order valence-electron chi connectivity index (χ3n) is 7.53. The molecular formula is C29H39N3O3. The second kappa shape index (κ2) is 11.7. The molecule has 188 valence electrons. The summed E-state index contributed by atoms with van der Waals surface area (Å²) in [5.74, 6) is 1.37. The van der Waals surface area contributed by atoms with Crippen LogP contribution >= 0.6 is 0 Å². The smallest absolute Gasteiger partial charge is 0.223 e. The number of primary amides is 1. The van der Waals surface area contributed by atoms with Crippen LogP contribution in [0.25, 0.3) is 0 Å². The Morgan fingerprint density at radius 3 is 2.54 bits per heavy atom. The van der Waals surface area contributed by atoms with Crippen molar-refractivity contribution >= 4 is 11.6 Å². The molecule has 2 aliphatic rings. The lowest BCUT2D eigenvalue weighted by Crippen LogP contribution is -2.51. The third kappa shape index (κ3) is 6.23. The molecule has 0 bridgehead atoms. The molecule has 1 aliphatic heterocycles. The molecule has 1 heterocycles. The highest BCUT2D eigenvalue weighted by Gasteiger charge is 2.31. The van der Waals surface area contributed by atoms with Crippen molar-refractivity contribution in [3.8, 4) is 5.75 Å². The molecule has 0 radical (unpaired) electrons. The first kappa shape index (κ1) is 25.2. The van der Waals surface area contributed by atoms with E-state index < -0.39 is 0 Å². The van der Waals surface area contributed by atoms with E-state index in [0.717, 1.165) is 48.6 Å². The van der Waals surface area contributed by atoms with Gasteiger partial charge in [-0.1, -0.05) is 55.6 Å². The highest BCUT2D eigenvalue weighted by molar-refractivity contribution is 5.98. The molecule has 6 heteroatoms. The zero-order chi connectivity index (χ0) is 24.8. The van der Waals surface area contributed by atoms with Crippen molar-refractivity contribution in [2.45, 2.75) is 71.4 Å². The fourth-order valence-corrected chi connectivity index (χ4v) is 5.31. The van der Waals surface area contributed by atoms with Gasteiger partial charge in [-0.2, -0.15) is 0 Å². The maximum Gasteiger partial charge on any atom is 0.223 e. The summed E-state index contributed by atoms with van der Waals surface area (Å²) in [6, 6.07) is 12.9. The topological polar surface area (TPSA) is 77.2 Å². The van der Waals surface area contributed by atoms with E-state index in [1.165, 1.54) is 48.8 Å². The van der Waals surface area contributed by atoms with Crippen LogP contribution in [0.3, 0.4) is 0 Å². The van der Waals surface area contributed by atoms with Crippen LogP contribution < -0.4 is 10.5 Å². The Morgan fingerprint density at radius 1 is 1.09 bits per heavy atom. The Morgan fingerprint density at radius 2 is 1.86 bits per heavy atom. The molecule has 1 saturated heterocycles. The molecule has 0 spiro atoms. The maximum atomic E-state index is 11.3. The molecule has 6 nitrogen and oxygen atoms in total. The van der Waals surface area contributed by atoms with Crippen LogP contribution in [-0.2, 0) is 29.2 Å². The lowest BCUT2D eigenvalue weighted by Gasteiger charge is -2.37. The quantitative estimate of drug-likeness (QED) is 0.379. The zero-order valence-corrected chi connectivity index (χ0v) is 21.4. The molecule has 2 aromatic rings. The number of amides is 1. The van der Waals surface area contributed by atoms with Gasteiger partial charge < -0.3 is 15.3 Å². The number of likely N-dealkylation sites (tertiary alicyclic amines) is 1. The van der Waals surface area contributed by atoms with E-state index in [1.807, 2.05) is 6.92 Å². The van der Waals surface area contributed by atoms with Gasteiger partial charge in [0.1, 0.15) is 12.4 Å². The normalized spacial score (nSPS) is 17.7. The number of aryl methyl sites for hydroxylation is 1. The van der Waals surface area contributed by atoms with Crippen molar-refractivity contribution in [3.05, 3.63) is 64.2 Å². The van der Waals surface area contributed by atoms with Crippen molar-refractivity contribution in [3.63, 3.8) is 0 Å². The number of ether oxygens (including phenoxy) is 1. The Labute approximate surface area is 209 Å². The largest absolute Gasteiger partial charge is 0.496 e. The first-order chi connectivity index (χ1) is 17.0. The van der Waals surface area contributed by atoms with Crippen molar-refractivity contribution in [2.24, 2.45) is 16.8 Å². The van der Waals surface area contributed by atoms with E-state index in [0.29, 0.717) is 12.5 Å². The Kier molecular flexibility index (Phi) is 8.45. The Bertz CT molecular complexity index is 1050. The molecule has 2 N–H and O–H groups in total. The minimum atomic E-state index is -0.197. The van der Waals surface area contributed by atoms with Crippen LogP contribution in [0, 0.1) is 5.92 Å². The van der Waals surface area contributed by atoms with Gasteiger partial charge in [0, 0.05) is 19.6 Å². The molecule has 1 aliphatic carbocycles. The van der Waals surface area contributed by atoms with Crippen LogP contribution in [0.2, 0.25) is 0 Å². The van der Waals surface area contributed by atoms with Gasteiger partial charge in [-0.15, -0.1) is 0 Å². The first-order valence-corrected chi connectivity index (χ1v) is 13.0. The summed E-state index contributed by atoms with van der Waals surface area (Å²) in [5, 5.41) is 4.39. The lowest BCUT2D eigenvalue weighted by atomic mass is 9.83. The second-order valence-corrected chi connectivity index (χ2v) is 9.99. The number of benzene rings is 2. The van der Waals surface area contributed by atoms with Crippen LogP contribution in [0.15, 0.2) is 41.6 Å². The van der Waals surface area contributed by atoms with Gasteiger partial charge >= 0.3 is 0 Å². The van der Waals surface area contributed by atoms with Crippen molar-refractivity contribution in [1.29, 1.82) is 0 Å². The summed E-state index contributed by atoms with van der Waals surface area (Å²) in [6.07, 6.45) is 7.40. The van der Waals surface area contributed by atoms with Crippen LogP contribution in [0.5, 0.6) is 5.75 Å². The standard InChI is InChI=1S/C29H39N3O3/c1-4-22-15-24(11-12-25(22)16-32-17-26(18-32)29(30)33)20(2)31-35-19-21-10-13-27(28(14-21)34-3)23-8-6-5-7-9-23/h10-15,23,26H,4-9,16-19H2,1-3H3,(H2,30,33)/b31-20+. The van der Waals surface area contributed by atoms with E-state index in [9.17, 15) is 4.79 Å². The SMILES string of the molecule is CCc1cc(/C(C)=N/OCc2ccc(C3CCCCC3)c(OC)c2)ccc1CN1CC(C(N)=O)C1. The average Bonchev–Trinajstić information content (AvgIpc) is 2.86. The van der Waals surface area contributed by atoms with Crippen LogP contribution in [-0.4, -0.2) is 36.7 Å². The van der Waals surface area contributed by atoms with Crippen molar-refractivity contribution < 1.29 is 14.4 Å². The van der Waals surface area contributed by atoms with E-state index >= 15 is 0 Å². The van der Waals surface area contributed by atoms with E-state index in [4.69, 9.17) is 15.3 Å². The molecule has 2 fully saturated rings. The number of oxime groups is 1. The van der Waals surface area contributed by atoms with Crippen LogP contribution in [0.1, 0.15) is 79.7 Å². The summed E-state index contributed by atoms with van der Waals surface area (Å²) in [6.45, 7) is 6.90. The molecule has 1 saturated carbocycles. The van der Waals surface area contributed by atoms with Crippen molar-refractivity contribution in [2.75, 3.05) is 20.2 Å². The molecule has 0 unspecified atom stereocenters. The number of carbonyl (C=O) groups is 1. The number of hydrogen-bond donors (Lipinski definition) is 1. The number of nitrogens with two attached hydrogens (primary N) is 1. The summed E-state index contributed by atoms with van der Waals surface area (Å²) in [5.41, 5.74) is 12.3. The molecule has 1 amide bonds. The molecule has 35 heavy (non-hydrogen) atoms. The molecule has 0 aromatic heterocycles. The summed E-state index contributed by atoms with van der Waals surface area (Å²) in [4.78, 5) is 19.3. The monoisotopic (exact) mass is 477 g/mol. The number of rotatable bonds is 10. The lowest BCUT2D eigenvalue weighted by molar-refractivity contribution is -0.127. The van der Waals surface area contributed by atoms with E-state index in [2.05, 4.69) is 53.4 Å². The van der Waals surface area contributed by atoms with Crippen LogP contribution in [0.4, 0.5) is 0 Å². The number of methoxy groups -OCH3 is 1. The molecule has 0 atom stereocenters. The molecular weight excluding hydrogens is 438 g/mol. The predicted octanol–water partition coefficient (Wildman–Crippen LogP) is 5.16. The minimum Gasteiger partial charge on any atom is -0.496 e. The maximum absolute atomic E-state index is 11.3. The Hall–Kier alpha value is -2.86. The Balaban J connectivity index is 1.36. The predicted molar refractivity (Wildman–Crippen MR) is 140 cm³/mol. The fraction of sp³-hybridized carbons (Fsp3) is 0.517. The highest BCUT2D eigenvalue weighted by atomic mass is 16.6. The van der Waals surface area contributed by atoms with Gasteiger partial charge in [0.25, 0.3) is 0 Å². The van der Waals surface area contributed by atoms with Crippen molar-refractivity contribution in [1.82, 2.24) is 4.90 Å². The van der Waals surface area contributed by atoms with Gasteiger partial charge in [-0.05, 0) is 72.1 Å². The first-order valence-electron chi connectivity index (χ1n) is 13.0.